The van der Waals surface area contributed by atoms with Gasteiger partial charge in [0.1, 0.15) is 24.0 Å². The molecule has 100 valence electrons. The summed E-state index contributed by atoms with van der Waals surface area (Å²) in [5.74, 6) is -0.583. The number of benzene rings is 1. The van der Waals surface area contributed by atoms with Crippen molar-refractivity contribution in [3.8, 4) is 11.8 Å². The number of hydrogen-bond acceptors (Lipinski definition) is 5. The first-order valence-electron chi connectivity index (χ1n) is 5.64. The summed E-state index contributed by atoms with van der Waals surface area (Å²) in [6, 6.07) is 8.45. The van der Waals surface area contributed by atoms with E-state index in [4.69, 9.17) is 15.1 Å². The molecule has 0 saturated carbocycles. The molecule has 0 saturated heterocycles. The molecule has 1 aromatic carbocycles. The Morgan fingerprint density at radius 2 is 2.20 bits per heavy atom. The second-order valence-corrected chi connectivity index (χ2v) is 4.53. The Kier molecular flexibility index (Phi) is 4.47. The second-order valence-electron chi connectivity index (χ2n) is 3.81. The number of rotatable bonds is 5. The van der Waals surface area contributed by atoms with Crippen LogP contribution in [0.5, 0.6) is 5.75 Å². The summed E-state index contributed by atoms with van der Waals surface area (Å²) in [5, 5.41) is 19.3. The van der Waals surface area contributed by atoms with Crippen molar-refractivity contribution >= 4 is 23.4 Å². The van der Waals surface area contributed by atoms with E-state index < -0.39 is 5.97 Å². The van der Waals surface area contributed by atoms with E-state index in [9.17, 15) is 4.79 Å². The highest BCUT2D eigenvalue weighted by Crippen LogP contribution is 2.16. The molecule has 2 aromatic rings. The quantitative estimate of drug-likeness (QED) is 0.675. The number of aliphatic carboxylic acids is 1. The third-order valence-electron chi connectivity index (χ3n) is 2.41. The van der Waals surface area contributed by atoms with Crippen LogP contribution in [-0.2, 0) is 11.4 Å². The fourth-order valence-electron chi connectivity index (χ4n) is 1.43. The first-order chi connectivity index (χ1) is 9.69. The Morgan fingerprint density at radius 1 is 1.45 bits per heavy atom. The Balaban J connectivity index is 2.03. The number of carbonyl (C=O) groups is 1. The number of aromatic nitrogens is 1. The van der Waals surface area contributed by atoms with Crippen molar-refractivity contribution in [1.29, 1.82) is 5.26 Å². The van der Waals surface area contributed by atoms with Gasteiger partial charge in [-0.25, -0.2) is 9.78 Å². The van der Waals surface area contributed by atoms with Crippen molar-refractivity contribution in [3.63, 3.8) is 0 Å². The summed E-state index contributed by atoms with van der Waals surface area (Å²) in [6.07, 6.45) is 1.31. The molecular formula is C14H10N2O3S. The standard InChI is InChI=1S/C14H10N2O3S/c15-6-11(14(17)18)5-10-1-3-13(4-2-10)19-7-12-8-20-9-16-12/h1-5,8-9H,7H2,(H,17,18)/b11-5-. The van der Waals surface area contributed by atoms with Crippen LogP contribution in [-0.4, -0.2) is 16.1 Å². The zero-order valence-electron chi connectivity index (χ0n) is 10.3. The van der Waals surface area contributed by atoms with Crippen LogP contribution in [0.25, 0.3) is 6.08 Å². The average Bonchev–Trinajstić information content (AvgIpc) is 2.96. The number of nitrogens with zero attached hydrogens (tertiary/aromatic N) is 2. The molecular weight excluding hydrogens is 276 g/mol. The Hall–Kier alpha value is -2.65. The number of carboxylic acid groups (broad SMARTS) is 1. The lowest BCUT2D eigenvalue weighted by Gasteiger charge is -2.04. The van der Waals surface area contributed by atoms with Crippen LogP contribution in [0.1, 0.15) is 11.3 Å². The van der Waals surface area contributed by atoms with Gasteiger partial charge in [-0.3, -0.25) is 0 Å². The summed E-state index contributed by atoms with van der Waals surface area (Å²) >= 11 is 1.50. The van der Waals surface area contributed by atoms with E-state index >= 15 is 0 Å². The summed E-state index contributed by atoms with van der Waals surface area (Å²) in [5.41, 5.74) is 2.92. The third-order valence-corrected chi connectivity index (χ3v) is 3.05. The normalized spacial score (nSPS) is 10.8. The van der Waals surface area contributed by atoms with E-state index in [1.807, 2.05) is 5.38 Å². The molecule has 0 aliphatic rings. The summed E-state index contributed by atoms with van der Waals surface area (Å²) in [4.78, 5) is 14.8. The molecule has 1 aromatic heterocycles. The predicted octanol–water partition coefficient (Wildman–Crippen LogP) is 2.71. The van der Waals surface area contributed by atoms with Crippen molar-refractivity contribution in [1.82, 2.24) is 4.98 Å². The van der Waals surface area contributed by atoms with Gasteiger partial charge in [-0.1, -0.05) is 12.1 Å². The number of ether oxygens (including phenoxy) is 1. The van der Waals surface area contributed by atoms with E-state index in [0.29, 0.717) is 17.9 Å². The maximum absolute atomic E-state index is 10.7. The van der Waals surface area contributed by atoms with E-state index in [1.54, 1.807) is 35.8 Å². The van der Waals surface area contributed by atoms with Gasteiger partial charge in [-0.2, -0.15) is 5.26 Å². The fraction of sp³-hybridized carbons (Fsp3) is 0.0714. The minimum atomic E-state index is -1.24. The fourth-order valence-corrected chi connectivity index (χ4v) is 1.98. The molecule has 0 fully saturated rings. The highest BCUT2D eigenvalue weighted by atomic mass is 32.1. The van der Waals surface area contributed by atoms with Gasteiger partial charge in [0.05, 0.1) is 11.2 Å². The molecule has 0 spiro atoms. The summed E-state index contributed by atoms with van der Waals surface area (Å²) in [7, 11) is 0. The number of nitriles is 1. The van der Waals surface area contributed by atoms with Crippen LogP contribution in [0, 0.1) is 11.3 Å². The monoisotopic (exact) mass is 286 g/mol. The maximum Gasteiger partial charge on any atom is 0.346 e. The van der Waals surface area contributed by atoms with Crippen molar-refractivity contribution in [3.05, 3.63) is 52.0 Å². The van der Waals surface area contributed by atoms with Crippen LogP contribution >= 0.6 is 11.3 Å². The van der Waals surface area contributed by atoms with E-state index in [2.05, 4.69) is 4.98 Å². The van der Waals surface area contributed by atoms with Crippen LogP contribution in [0.3, 0.4) is 0 Å². The minimum Gasteiger partial charge on any atom is -0.487 e. The van der Waals surface area contributed by atoms with Crippen molar-refractivity contribution in [2.24, 2.45) is 0 Å². The van der Waals surface area contributed by atoms with Gasteiger partial charge in [0.25, 0.3) is 0 Å². The number of hydrogen-bond donors (Lipinski definition) is 1. The Labute approximate surface area is 119 Å². The van der Waals surface area contributed by atoms with Crippen LogP contribution in [0.4, 0.5) is 0 Å². The minimum absolute atomic E-state index is 0.304. The zero-order valence-corrected chi connectivity index (χ0v) is 11.1. The van der Waals surface area contributed by atoms with Crippen LogP contribution in [0.15, 0.2) is 40.7 Å². The molecule has 1 heterocycles. The molecule has 0 atom stereocenters. The molecule has 5 nitrogen and oxygen atoms in total. The predicted molar refractivity (Wildman–Crippen MR) is 74.1 cm³/mol. The lowest BCUT2D eigenvalue weighted by molar-refractivity contribution is -0.132. The SMILES string of the molecule is N#C/C(=C/c1ccc(OCc2cscn2)cc1)C(=O)O. The molecule has 1 N–H and O–H groups in total. The van der Waals surface area contributed by atoms with Gasteiger partial charge in [0.2, 0.25) is 0 Å². The first-order valence-corrected chi connectivity index (χ1v) is 6.58. The van der Waals surface area contributed by atoms with Crippen molar-refractivity contribution < 1.29 is 14.6 Å². The second kappa shape index (κ2) is 6.50. The molecule has 2 rings (SSSR count). The highest BCUT2D eigenvalue weighted by Gasteiger charge is 2.05. The van der Waals surface area contributed by atoms with Gasteiger partial charge < -0.3 is 9.84 Å². The molecule has 0 unspecified atom stereocenters. The molecule has 0 aliphatic carbocycles. The molecule has 20 heavy (non-hydrogen) atoms. The topological polar surface area (TPSA) is 83.2 Å². The van der Waals surface area contributed by atoms with E-state index in [1.165, 1.54) is 17.4 Å². The van der Waals surface area contributed by atoms with Crippen molar-refractivity contribution in [2.75, 3.05) is 0 Å². The smallest absolute Gasteiger partial charge is 0.346 e. The van der Waals surface area contributed by atoms with Gasteiger partial charge >= 0.3 is 5.97 Å². The summed E-state index contributed by atoms with van der Waals surface area (Å²) in [6.45, 7) is 0.386. The molecule has 0 amide bonds. The van der Waals surface area contributed by atoms with Gasteiger partial charge in [0, 0.05) is 5.38 Å². The maximum atomic E-state index is 10.7. The number of carboxylic acids is 1. The largest absolute Gasteiger partial charge is 0.487 e. The molecule has 0 bridgehead atoms. The lowest BCUT2D eigenvalue weighted by Crippen LogP contribution is -1.97. The van der Waals surface area contributed by atoms with Gasteiger partial charge in [0.15, 0.2) is 0 Å². The molecule has 6 heteroatoms. The lowest BCUT2D eigenvalue weighted by atomic mass is 10.1. The van der Waals surface area contributed by atoms with Crippen molar-refractivity contribution in [2.45, 2.75) is 6.61 Å². The van der Waals surface area contributed by atoms with Crippen LogP contribution in [0.2, 0.25) is 0 Å². The van der Waals surface area contributed by atoms with E-state index in [-0.39, 0.29) is 5.57 Å². The third kappa shape index (κ3) is 3.67. The summed E-state index contributed by atoms with van der Waals surface area (Å²) < 4.78 is 5.53. The highest BCUT2D eigenvalue weighted by molar-refractivity contribution is 7.07. The van der Waals surface area contributed by atoms with Gasteiger partial charge in [-0.15, -0.1) is 11.3 Å². The van der Waals surface area contributed by atoms with E-state index in [0.717, 1.165) is 5.69 Å². The van der Waals surface area contributed by atoms with Crippen LogP contribution < -0.4 is 4.74 Å². The molecule has 0 aliphatic heterocycles. The van der Waals surface area contributed by atoms with Gasteiger partial charge in [-0.05, 0) is 23.8 Å². The number of thiazole rings is 1. The average molecular weight is 286 g/mol. The first kappa shape index (κ1) is 13.8. The Morgan fingerprint density at radius 3 is 2.75 bits per heavy atom. The zero-order chi connectivity index (χ0) is 14.4. The molecule has 0 radical (unpaired) electrons. The Bertz CT molecular complexity index is 655.